The van der Waals surface area contributed by atoms with Crippen LogP contribution in [-0.2, 0) is 14.3 Å². The maximum Gasteiger partial charge on any atom is 0.295 e. The number of rotatable bonds is 6. The molecule has 2 aliphatic rings. The molecule has 2 fully saturated rings. The number of Topliss-reactive ketones (excluding diaryl/α,β-unsaturated/α-hetero) is 1. The number of aromatic nitrogens is 2. The molecular weight excluding hydrogens is 424 g/mol. The Hall–Kier alpha value is -3.30. The molecule has 2 aliphatic heterocycles. The van der Waals surface area contributed by atoms with Gasteiger partial charge in [0, 0.05) is 37.9 Å². The summed E-state index contributed by atoms with van der Waals surface area (Å²) in [7, 11) is 1.54. The zero-order chi connectivity index (χ0) is 23.5. The van der Waals surface area contributed by atoms with Crippen LogP contribution in [0, 0.1) is 13.8 Å². The van der Waals surface area contributed by atoms with Crippen LogP contribution in [0.4, 0.5) is 0 Å². The molecule has 0 unspecified atom stereocenters. The Morgan fingerprint density at radius 1 is 1.18 bits per heavy atom. The van der Waals surface area contributed by atoms with Crippen molar-refractivity contribution in [1.82, 2.24) is 19.8 Å². The van der Waals surface area contributed by atoms with Gasteiger partial charge in [0.2, 0.25) is 0 Å². The topological polar surface area (TPSA) is 105 Å². The molecule has 9 heteroatoms. The number of hydrogen-bond acceptors (Lipinski definition) is 8. The number of amides is 1. The van der Waals surface area contributed by atoms with Gasteiger partial charge in [0.15, 0.2) is 0 Å². The van der Waals surface area contributed by atoms with E-state index in [0.29, 0.717) is 54.7 Å². The van der Waals surface area contributed by atoms with E-state index in [9.17, 15) is 14.7 Å². The summed E-state index contributed by atoms with van der Waals surface area (Å²) >= 11 is 0. The number of likely N-dealkylation sites (tertiary alicyclic amines) is 1. The van der Waals surface area contributed by atoms with Gasteiger partial charge in [0.25, 0.3) is 11.7 Å². The van der Waals surface area contributed by atoms with Gasteiger partial charge in [0.05, 0.1) is 43.2 Å². The molecule has 174 valence electrons. The minimum atomic E-state index is -0.789. The smallest absolute Gasteiger partial charge is 0.295 e. The third-order valence-corrected chi connectivity index (χ3v) is 6.09. The Bertz CT molecular complexity index is 1090. The van der Waals surface area contributed by atoms with Gasteiger partial charge in [-0.1, -0.05) is 18.2 Å². The van der Waals surface area contributed by atoms with Crippen LogP contribution in [0.25, 0.3) is 5.76 Å². The highest BCUT2D eigenvalue weighted by Crippen LogP contribution is 2.42. The van der Waals surface area contributed by atoms with E-state index in [0.717, 1.165) is 13.1 Å². The molecule has 1 aromatic heterocycles. The Morgan fingerprint density at radius 3 is 2.61 bits per heavy atom. The summed E-state index contributed by atoms with van der Waals surface area (Å²) in [5.74, 6) is -0.577. The molecule has 0 spiro atoms. The predicted octanol–water partition coefficient (Wildman–Crippen LogP) is 1.86. The molecule has 4 rings (SSSR count). The zero-order valence-corrected chi connectivity index (χ0v) is 19.1. The molecule has 9 nitrogen and oxygen atoms in total. The fourth-order valence-electron chi connectivity index (χ4n) is 4.36. The van der Waals surface area contributed by atoms with E-state index in [4.69, 9.17) is 9.47 Å². The molecule has 1 N–H and O–H groups in total. The van der Waals surface area contributed by atoms with Gasteiger partial charge in [0.1, 0.15) is 17.3 Å². The lowest BCUT2D eigenvalue weighted by atomic mass is 9.94. The lowest BCUT2D eigenvalue weighted by molar-refractivity contribution is -0.140. The number of hydrogen-bond donors (Lipinski definition) is 1. The van der Waals surface area contributed by atoms with Crippen molar-refractivity contribution in [3.05, 3.63) is 58.7 Å². The van der Waals surface area contributed by atoms with Gasteiger partial charge in [-0.05, 0) is 19.9 Å². The number of ketones is 1. The predicted molar refractivity (Wildman–Crippen MR) is 121 cm³/mol. The monoisotopic (exact) mass is 452 g/mol. The van der Waals surface area contributed by atoms with E-state index in [-0.39, 0.29) is 11.3 Å². The molecular formula is C24H28N4O5. The molecule has 33 heavy (non-hydrogen) atoms. The molecule has 2 aromatic rings. The van der Waals surface area contributed by atoms with Crippen molar-refractivity contribution in [3.8, 4) is 5.75 Å². The van der Waals surface area contributed by atoms with Crippen LogP contribution >= 0.6 is 0 Å². The molecule has 1 aromatic carbocycles. The van der Waals surface area contributed by atoms with E-state index in [1.807, 2.05) is 18.2 Å². The summed E-state index contributed by atoms with van der Waals surface area (Å²) in [4.78, 5) is 38.6. The SMILES string of the molecule is COc1ccccc1[C@H]1/C(=C(\O)c2cnc(C)nc2C)C(=O)C(=O)N1CCN1CCOCC1. The molecule has 0 aliphatic carbocycles. The first kappa shape index (κ1) is 22.9. The number of aliphatic hydroxyl groups excluding tert-OH is 1. The van der Waals surface area contributed by atoms with Crippen LogP contribution < -0.4 is 4.74 Å². The minimum absolute atomic E-state index is 0.0158. The van der Waals surface area contributed by atoms with Gasteiger partial charge in [-0.2, -0.15) is 0 Å². The fourth-order valence-corrected chi connectivity index (χ4v) is 4.36. The minimum Gasteiger partial charge on any atom is -0.507 e. The van der Waals surface area contributed by atoms with Crippen molar-refractivity contribution in [2.75, 3.05) is 46.5 Å². The summed E-state index contributed by atoms with van der Waals surface area (Å²) < 4.78 is 10.9. The van der Waals surface area contributed by atoms with Crippen LogP contribution in [-0.4, -0.2) is 83.1 Å². The Morgan fingerprint density at radius 2 is 1.91 bits per heavy atom. The second kappa shape index (κ2) is 9.68. The summed E-state index contributed by atoms with van der Waals surface area (Å²) in [6.07, 6.45) is 1.48. The number of morpholine rings is 1. The molecule has 2 saturated heterocycles. The third-order valence-electron chi connectivity index (χ3n) is 6.09. The largest absolute Gasteiger partial charge is 0.507 e. The lowest BCUT2D eigenvalue weighted by Gasteiger charge is -2.31. The fraction of sp³-hybridized carbons (Fsp3) is 0.417. The standard InChI is InChI=1S/C24H28N4O5/c1-15-18(14-25-16(2)26-15)22(29)20-21(17-6-4-5-7-19(17)32-3)28(24(31)23(20)30)9-8-27-10-12-33-13-11-27/h4-7,14,21,29H,8-13H2,1-3H3/b22-20+/t21-/m0/s1. The third kappa shape index (κ3) is 4.46. The van der Waals surface area contributed by atoms with Crippen molar-refractivity contribution >= 4 is 17.4 Å². The highest BCUT2D eigenvalue weighted by Gasteiger charge is 2.47. The molecule has 1 atom stereocenters. The van der Waals surface area contributed by atoms with E-state index in [1.165, 1.54) is 18.2 Å². The Labute approximate surface area is 192 Å². The first-order valence-electron chi connectivity index (χ1n) is 10.9. The van der Waals surface area contributed by atoms with Crippen molar-refractivity contribution < 1.29 is 24.2 Å². The lowest BCUT2D eigenvalue weighted by Crippen LogP contribution is -2.42. The number of benzene rings is 1. The van der Waals surface area contributed by atoms with E-state index >= 15 is 0 Å². The quantitative estimate of drug-likeness (QED) is 0.402. The molecule has 0 radical (unpaired) electrons. The van der Waals surface area contributed by atoms with Crippen molar-refractivity contribution in [3.63, 3.8) is 0 Å². The molecule has 0 saturated carbocycles. The number of aliphatic hydroxyl groups is 1. The van der Waals surface area contributed by atoms with Crippen LogP contribution in [0.2, 0.25) is 0 Å². The number of nitrogens with zero attached hydrogens (tertiary/aromatic N) is 4. The number of carbonyl (C=O) groups excluding carboxylic acids is 2. The van der Waals surface area contributed by atoms with Crippen LogP contribution in [0.15, 0.2) is 36.0 Å². The normalized spacial score (nSPS) is 20.9. The molecule has 3 heterocycles. The zero-order valence-electron chi connectivity index (χ0n) is 19.1. The number of methoxy groups -OCH3 is 1. The summed E-state index contributed by atoms with van der Waals surface area (Å²) in [5, 5.41) is 11.2. The first-order valence-corrected chi connectivity index (χ1v) is 10.9. The van der Waals surface area contributed by atoms with E-state index in [2.05, 4.69) is 14.9 Å². The number of carbonyl (C=O) groups is 2. The van der Waals surface area contributed by atoms with Crippen molar-refractivity contribution in [2.45, 2.75) is 19.9 Å². The average Bonchev–Trinajstić information content (AvgIpc) is 3.07. The van der Waals surface area contributed by atoms with E-state index < -0.39 is 17.7 Å². The van der Waals surface area contributed by atoms with Crippen LogP contribution in [0.3, 0.4) is 0 Å². The Balaban J connectivity index is 1.80. The summed E-state index contributed by atoms with van der Waals surface area (Å²) in [6, 6.07) is 6.43. The highest BCUT2D eigenvalue weighted by atomic mass is 16.5. The van der Waals surface area contributed by atoms with Crippen LogP contribution in [0.5, 0.6) is 5.75 Å². The van der Waals surface area contributed by atoms with Gasteiger partial charge in [-0.15, -0.1) is 0 Å². The maximum absolute atomic E-state index is 13.2. The van der Waals surface area contributed by atoms with Crippen molar-refractivity contribution in [1.29, 1.82) is 0 Å². The second-order valence-corrected chi connectivity index (χ2v) is 8.10. The van der Waals surface area contributed by atoms with Crippen LogP contribution in [0.1, 0.15) is 28.7 Å². The van der Waals surface area contributed by atoms with Gasteiger partial charge < -0.3 is 19.5 Å². The summed E-state index contributed by atoms with van der Waals surface area (Å²) in [6.45, 7) is 7.21. The van der Waals surface area contributed by atoms with Crippen molar-refractivity contribution in [2.24, 2.45) is 0 Å². The second-order valence-electron chi connectivity index (χ2n) is 8.10. The molecule has 1 amide bonds. The number of ether oxygens (including phenoxy) is 2. The highest BCUT2D eigenvalue weighted by molar-refractivity contribution is 6.46. The number of para-hydroxylation sites is 1. The van der Waals surface area contributed by atoms with Gasteiger partial charge >= 0.3 is 0 Å². The Kier molecular flexibility index (Phi) is 6.71. The average molecular weight is 453 g/mol. The molecule has 0 bridgehead atoms. The number of aryl methyl sites for hydroxylation is 2. The maximum atomic E-state index is 13.2. The van der Waals surface area contributed by atoms with Gasteiger partial charge in [-0.3, -0.25) is 14.5 Å². The first-order chi connectivity index (χ1) is 15.9. The van der Waals surface area contributed by atoms with E-state index in [1.54, 1.807) is 19.9 Å². The van der Waals surface area contributed by atoms with Gasteiger partial charge in [-0.25, -0.2) is 9.97 Å². The summed E-state index contributed by atoms with van der Waals surface area (Å²) in [5.41, 5.74) is 1.50.